The SMILES string of the molecule is Cc1cc(Cc2ccccc2C)c(O)c(Cc2cc(C)cc(Cc3ccccc3C)c2O)c1. The molecule has 0 saturated heterocycles. The Labute approximate surface area is 197 Å². The van der Waals surface area contributed by atoms with Gasteiger partial charge in [0.05, 0.1) is 0 Å². The van der Waals surface area contributed by atoms with Gasteiger partial charge < -0.3 is 10.2 Å². The third-order valence-electron chi connectivity index (χ3n) is 6.49. The smallest absolute Gasteiger partial charge is 0.122 e. The van der Waals surface area contributed by atoms with E-state index in [1.165, 1.54) is 22.3 Å². The molecule has 0 spiro atoms. The average Bonchev–Trinajstić information content (AvgIpc) is 2.77. The van der Waals surface area contributed by atoms with Gasteiger partial charge in [-0.25, -0.2) is 0 Å². The van der Waals surface area contributed by atoms with E-state index < -0.39 is 0 Å². The van der Waals surface area contributed by atoms with Crippen LogP contribution in [0.15, 0.2) is 72.8 Å². The third-order valence-corrected chi connectivity index (χ3v) is 6.49. The minimum absolute atomic E-state index is 0.324. The standard InChI is InChI=1S/C31H32O2/c1-20-13-26(17-24-11-7-5-9-22(24)3)30(32)28(15-20)19-29-16-21(2)14-27(31(29)33)18-25-12-8-6-10-23(25)4/h5-16,32-33H,17-19H2,1-4H3. The van der Waals surface area contributed by atoms with Crippen LogP contribution < -0.4 is 0 Å². The molecule has 0 amide bonds. The van der Waals surface area contributed by atoms with Crippen molar-refractivity contribution in [3.05, 3.63) is 128 Å². The van der Waals surface area contributed by atoms with E-state index in [1.807, 2.05) is 36.4 Å². The van der Waals surface area contributed by atoms with Crippen LogP contribution in [0.1, 0.15) is 55.6 Å². The van der Waals surface area contributed by atoms with Crippen LogP contribution in [-0.2, 0) is 19.3 Å². The summed E-state index contributed by atoms with van der Waals surface area (Å²) in [6, 6.07) is 24.8. The molecule has 33 heavy (non-hydrogen) atoms. The first-order valence-electron chi connectivity index (χ1n) is 11.5. The van der Waals surface area contributed by atoms with Gasteiger partial charge in [0.2, 0.25) is 0 Å². The van der Waals surface area contributed by atoms with Crippen molar-refractivity contribution in [2.24, 2.45) is 0 Å². The van der Waals surface area contributed by atoms with Gasteiger partial charge in [-0.2, -0.15) is 0 Å². The fraction of sp³-hybridized carbons (Fsp3) is 0.226. The lowest BCUT2D eigenvalue weighted by Gasteiger charge is -2.16. The molecule has 0 heterocycles. The van der Waals surface area contributed by atoms with Crippen LogP contribution in [-0.4, -0.2) is 10.2 Å². The number of benzene rings is 4. The van der Waals surface area contributed by atoms with Gasteiger partial charge in [-0.1, -0.05) is 83.9 Å². The van der Waals surface area contributed by atoms with E-state index in [1.54, 1.807) is 0 Å². The Morgan fingerprint density at radius 3 is 1.09 bits per heavy atom. The molecule has 0 aliphatic heterocycles. The van der Waals surface area contributed by atoms with Crippen molar-refractivity contribution in [3.63, 3.8) is 0 Å². The predicted molar refractivity (Wildman–Crippen MR) is 136 cm³/mol. The van der Waals surface area contributed by atoms with Crippen LogP contribution in [0.3, 0.4) is 0 Å². The summed E-state index contributed by atoms with van der Waals surface area (Å²) < 4.78 is 0. The molecule has 2 N–H and O–H groups in total. The first-order chi connectivity index (χ1) is 15.8. The van der Waals surface area contributed by atoms with E-state index in [2.05, 4.69) is 64.1 Å². The van der Waals surface area contributed by atoms with Crippen LogP contribution in [0.5, 0.6) is 11.5 Å². The summed E-state index contributed by atoms with van der Waals surface area (Å²) in [5, 5.41) is 22.3. The molecule has 0 aliphatic carbocycles. The maximum atomic E-state index is 11.1. The number of rotatable bonds is 6. The lowest BCUT2D eigenvalue weighted by Crippen LogP contribution is -2.00. The minimum Gasteiger partial charge on any atom is -0.507 e. The molecule has 0 atom stereocenters. The summed E-state index contributed by atoms with van der Waals surface area (Å²) in [7, 11) is 0. The lowest BCUT2D eigenvalue weighted by molar-refractivity contribution is 0.456. The lowest BCUT2D eigenvalue weighted by atomic mass is 9.91. The van der Waals surface area contributed by atoms with Crippen molar-refractivity contribution in [3.8, 4) is 11.5 Å². The third kappa shape index (κ3) is 5.12. The van der Waals surface area contributed by atoms with Gasteiger partial charge >= 0.3 is 0 Å². The van der Waals surface area contributed by atoms with E-state index in [-0.39, 0.29) is 0 Å². The molecule has 0 aromatic heterocycles. The Morgan fingerprint density at radius 2 is 0.758 bits per heavy atom. The van der Waals surface area contributed by atoms with Crippen LogP contribution in [0.25, 0.3) is 0 Å². The van der Waals surface area contributed by atoms with Crippen molar-refractivity contribution in [1.29, 1.82) is 0 Å². The van der Waals surface area contributed by atoms with Gasteiger partial charge in [-0.15, -0.1) is 0 Å². The molecule has 4 aromatic rings. The van der Waals surface area contributed by atoms with Crippen molar-refractivity contribution < 1.29 is 10.2 Å². The summed E-state index contributed by atoms with van der Waals surface area (Å²) in [5.41, 5.74) is 10.6. The fourth-order valence-corrected chi connectivity index (χ4v) is 4.64. The Bertz CT molecular complexity index is 1200. The zero-order valence-electron chi connectivity index (χ0n) is 19.9. The van der Waals surface area contributed by atoms with E-state index in [0.717, 1.165) is 33.4 Å². The maximum Gasteiger partial charge on any atom is 0.122 e. The second-order valence-corrected chi connectivity index (χ2v) is 9.25. The Kier molecular flexibility index (Phi) is 6.55. The largest absolute Gasteiger partial charge is 0.507 e. The van der Waals surface area contributed by atoms with Gasteiger partial charge in [0.1, 0.15) is 11.5 Å². The summed E-state index contributed by atoms with van der Waals surface area (Å²) in [4.78, 5) is 0. The van der Waals surface area contributed by atoms with Gasteiger partial charge in [-0.05, 0) is 72.2 Å². The van der Waals surface area contributed by atoms with Crippen molar-refractivity contribution in [2.45, 2.75) is 47.0 Å². The van der Waals surface area contributed by atoms with Crippen molar-refractivity contribution in [1.82, 2.24) is 0 Å². The molecule has 0 fully saturated rings. The quantitative estimate of drug-likeness (QED) is 0.338. The van der Waals surface area contributed by atoms with E-state index in [0.29, 0.717) is 30.8 Å². The molecule has 0 saturated carbocycles. The molecule has 0 radical (unpaired) electrons. The topological polar surface area (TPSA) is 40.5 Å². The molecule has 2 nitrogen and oxygen atoms in total. The van der Waals surface area contributed by atoms with Gasteiger partial charge in [-0.3, -0.25) is 0 Å². The molecule has 0 bridgehead atoms. The second-order valence-electron chi connectivity index (χ2n) is 9.25. The van der Waals surface area contributed by atoms with Crippen molar-refractivity contribution in [2.75, 3.05) is 0 Å². The second kappa shape index (κ2) is 9.54. The average molecular weight is 437 g/mol. The molecule has 2 heteroatoms. The fourth-order valence-electron chi connectivity index (χ4n) is 4.64. The highest BCUT2D eigenvalue weighted by Crippen LogP contribution is 2.34. The number of hydrogen-bond acceptors (Lipinski definition) is 2. The maximum absolute atomic E-state index is 11.1. The van der Waals surface area contributed by atoms with E-state index in [4.69, 9.17) is 0 Å². The summed E-state index contributed by atoms with van der Waals surface area (Å²) in [5.74, 6) is 0.649. The molecule has 0 unspecified atom stereocenters. The summed E-state index contributed by atoms with van der Waals surface area (Å²) >= 11 is 0. The summed E-state index contributed by atoms with van der Waals surface area (Å²) in [6.45, 7) is 8.32. The number of phenolic OH excluding ortho intramolecular Hbond substituents is 2. The summed E-state index contributed by atoms with van der Waals surface area (Å²) in [6.07, 6.45) is 1.86. The monoisotopic (exact) mass is 436 g/mol. The normalized spacial score (nSPS) is 11.0. The van der Waals surface area contributed by atoms with Gasteiger partial charge in [0.15, 0.2) is 0 Å². The van der Waals surface area contributed by atoms with Crippen molar-refractivity contribution >= 4 is 0 Å². The van der Waals surface area contributed by atoms with Gasteiger partial charge in [0.25, 0.3) is 0 Å². The van der Waals surface area contributed by atoms with E-state index in [9.17, 15) is 10.2 Å². The zero-order chi connectivity index (χ0) is 23.5. The highest BCUT2D eigenvalue weighted by Gasteiger charge is 2.15. The van der Waals surface area contributed by atoms with Crippen LogP contribution in [0.4, 0.5) is 0 Å². The van der Waals surface area contributed by atoms with E-state index >= 15 is 0 Å². The Hall–Kier alpha value is -3.52. The Balaban J connectivity index is 1.68. The Morgan fingerprint density at radius 1 is 0.455 bits per heavy atom. The predicted octanol–water partition coefficient (Wildman–Crippen LogP) is 7.10. The van der Waals surface area contributed by atoms with Gasteiger partial charge in [0, 0.05) is 19.3 Å². The number of hydrogen-bond donors (Lipinski definition) is 2. The molecular formula is C31H32O2. The van der Waals surface area contributed by atoms with Crippen LogP contribution >= 0.6 is 0 Å². The number of phenols is 2. The molecule has 4 rings (SSSR count). The molecular weight excluding hydrogens is 404 g/mol. The number of aromatic hydroxyl groups is 2. The highest BCUT2D eigenvalue weighted by molar-refractivity contribution is 5.52. The molecule has 4 aromatic carbocycles. The first-order valence-corrected chi connectivity index (χ1v) is 11.5. The highest BCUT2D eigenvalue weighted by atomic mass is 16.3. The van der Waals surface area contributed by atoms with Crippen LogP contribution in [0.2, 0.25) is 0 Å². The zero-order valence-corrected chi connectivity index (χ0v) is 19.9. The molecule has 168 valence electrons. The molecule has 0 aliphatic rings. The van der Waals surface area contributed by atoms with Crippen LogP contribution in [0, 0.1) is 27.7 Å². The number of aryl methyl sites for hydroxylation is 4. The minimum atomic E-state index is 0.324. The first kappa shape index (κ1) is 22.7.